The molecule has 1 unspecified atom stereocenters. The van der Waals surface area contributed by atoms with Crippen molar-refractivity contribution >= 4 is 29.1 Å². The Kier molecular flexibility index (Phi) is 4.99. The van der Waals surface area contributed by atoms with E-state index in [1.165, 1.54) is 0 Å². The molecule has 1 aromatic heterocycles. The maximum atomic E-state index is 13.8. The molecular weight excluding hydrogens is 406 g/mol. The fraction of sp³-hybridized carbons (Fsp3) is 0.208. The fourth-order valence-corrected chi connectivity index (χ4v) is 4.33. The van der Waals surface area contributed by atoms with Crippen LogP contribution in [-0.2, 0) is 10.5 Å². The van der Waals surface area contributed by atoms with E-state index in [0.717, 1.165) is 10.7 Å². The first-order chi connectivity index (χ1) is 15.6. The lowest BCUT2D eigenvalue weighted by molar-refractivity contribution is -0.152. The summed E-state index contributed by atoms with van der Waals surface area (Å²) in [6, 6.07) is 20.8. The molecule has 3 heterocycles. The predicted molar refractivity (Wildman–Crippen MR) is 121 cm³/mol. The van der Waals surface area contributed by atoms with Crippen LogP contribution >= 0.6 is 0 Å². The van der Waals surface area contributed by atoms with Crippen molar-refractivity contribution in [2.24, 2.45) is 0 Å². The first-order valence-electron chi connectivity index (χ1n) is 10.5. The third-order valence-corrected chi connectivity index (χ3v) is 5.92. The minimum Gasteiger partial charge on any atom is -0.359 e. The molecule has 2 aliphatic rings. The summed E-state index contributed by atoms with van der Waals surface area (Å²) in [4.78, 5) is 36.1. The Morgan fingerprint density at radius 2 is 1.59 bits per heavy atom. The Morgan fingerprint density at radius 1 is 0.906 bits per heavy atom. The number of piperazine rings is 1. The summed E-state index contributed by atoms with van der Waals surface area (Å²) < 4.78 is 0. The molecule has 1 saturated heterocycles. The minimum absolute atomic E-state index is 0.348. The van der Waals surface area contributed by atoms with E-state index in [1.54, 1.807) is 59.6 Å². The van der Waals surface area contributed by atoms with Crippen LogP contribution in [0.4, 0.5) is 22.0 Å². The van der Waals surface area contributed by atoms with E-state index >= 15 is 0 Å². The summed E-state index contributed by atoms with van der Waals surface area (Å²) >= 11 is 0. The molecule has 32 heavy (non-hydrogen) atoms. The van der Waals surface area contributed by atoms with Gasteiger partial charge in [0.25, 0.3) is 11.6 Å². The summed E-state index contributed by atoms with van der Waals surface area (Å²) in [5.41, 5.74) is -0.955. The van der Waals surface area contributed by atoms with Gasteiger partial charge in [0.15, 0.2) is 0 Å². The SMILES string of the molecule is O=C1Nc2ccccc2C(O)(C(=O)N2CCN(c3ccccn3)CC2)N1c1ccccc1. The van der Waals surface area contributed by atoms with E-state index in [9.17, 15) is 14.7 Å². The zero-order valence-electron chi connectivity index (χ0n) is 17.4. The van der Waals surface area contributed by atoms with Gasteiger partial charge in [-0.15, -0.1) is 0 Å². The van der Waals surface area contributed by atoms with Gasteiger partial charge in [-0.05, 0) is 30.3 Å². The number of para-hydroxylation sites is 2. The molecule has 0 spiro atoms. The second-order valence-corrected chi connectivity index (χ2v) is 7.79. The minimum atomic E-state index is -2.16. The number of hydrogen-bond acceptors (Lipinski definition) is 5. The van der Waals surface area contributed by atoms with Crippen LogP contribution in [0.5, 0.6) is 0 Å². The Balaban J connectivity index is 1.49. The number of aromatic nitrogens is 1. The van der Waals surface area contributed by atoms with Crippen molar-refractivity contribution in [2.45, 2.75) is 5.72 Å². The molecule has 2 N–H and O–H groups in total. The molecular formula is C24H23N5O3. The van der Waals surface area contributed by atoms with Gasteiger partial charge in [0.05, 0.1) is 5.69 Å². The first kappa shape index (κ1) is 20.0. The Bertz CT molecular complexity index is 1130. The van der Waals surface area contributed by atoms with Crippen LogP contribution in [0.3, 0.4) is 0 Å². The summed E-state index contributed by atoms with van der Waals surface area (Å²) in [6.45, 7) is 1.98. The topological polar surface area (TPSA) is 89.0 Å². The second-order valence-electron chi connectivity index (χ2n) is 7.79. The molecule has 5 rings (SSSR count). The van der Waals surface area contributed by atoms with Gasteiger partial charge in [-0.25, -0.2) is 9.78 Å². The molecule has 8 nitrogen and oxygen atoms in total. The number of rotatable bonds is 3. The number of urea groups is 1. The van der Waals surface area contributed by atoms with E-state index in [2.05, 4.69) is 15.2 Å². The third-order valence-electron chi connectivity index (χ3n) is 5.92. The highest BCUT2D eigenvalue weighted by atomic mass is 16.3. The van der Waals surface area contributed by atoms with Gasteiger partial charge in [0.2, 0.25) is 0 Å². The van der Waals surface area contributed by atoms with Gasteiger partial charge in [-0.3, -0.25) is 9.69 Å². The summed E-state index contributed by atoms with van der Waals surface area (Å²) in [5, 5.41) is 14.7. The zero-order valence-corrected chi connectivity index (χ0v) is 17.4. The van der Waals surface area contributed by atoms with Crippen molar-refractivity contribution in [3.8, 4) is 0 Å². The Hall–Kier alpha value is -3.91. The van der Waals surface area contributed by atoms with Crippen LogP contribution in [-0.4, -0.2) is 53.1 Å². The molecule has 0 saturated carbocycles. The third kappa shape index (κ3) is 3.25. The number of benzene rings is 2. The van der Waals surface area contributed by atoms with Crippen molar-refractivity contribution in [1.82, 2.24) is 9.88 Å². The van der Waals surface area contributed by atoms with Gasteiger partial charge in [-0.2, -0.15) is 0 Å². The zero-order chi connectivity index (χ0) is 22.1. The average molecular weight is 429 g/mol. The van der Waals surface area contributed by atoms with Crippen molar-refractivity contribution < 1.29 is 14.7 Å². The van der Waals surface area contributed by atoms with Crippen LogP contribution in [0, 0.1) is 0 Å². The molecule has 1 atom stereocenters. The lowest BCUT2D eigenvalue weighted by atomic mass is 9.94. The summed E-state index contributed by atoms with van der Waals surface area (Å²) in [5.74, 6) is 0.330. The number of carbonyl (C=O) groups is 2. The molecule has 3 amide bonds. The van der Waals surface area contributed by atoms with Crippen molar-refractivity contribution in [3.63, 3.8) is 0 Å². The molecule has 0 aliphatic carbocycles. The monoisotopic (exact) mass is 429 g/mol. The number of fused-ring (bicyclic) bond motifs is 1. The molecule has 1 fully saturated rings. The summed E-state index contributed by atoms with van der Waals surface area (Å²) in [7, 11) is 0. The Labute approximate surface area is 185 Å². The number of anilines is 3. The highest BCUT2D eigenvalue weighted by Gasteiger charge is 2.53. The number of carbonyl (C=O) groups excluding carboxylic acids is 2. The van der Waals surface area contributed by atoms with Crippen molar-refractivity contribution in [1.29, 1.82) is 0 Å². The number of aliphatic hydroxyl groups is 1. The molecule has 0 bridgehead atoms. The first-order valence-corrected chi connectivity index (χ1v) is 10.5. The quantitative estimate of drug-likeness (QED) is 0.668. The number of pyridine rings is 1. The van der Waals surface area contributed by atoms with E-state index in [1.807, 2.05) is 24.3 Å². The average Bonchev–Trinajstić information content (AvgIpc) is 2.85. The Morgan fingerprint density at radius 3 is 2.31 bits per heavy atom. The van der Waals surface area contributed by atoms with E-state index in [-0.39, 0.29) is 0 Å². The predicted octanol–water partition coefficient (Wildman–Crippen LogP) is 2.63. The van der Waals surface area contributed by atoms with Gasteiger partial charge < -0.3 is 20.2 Å². The van der Waals surface area contributed by atoms with E-state index in [4.69, 9.17) is 0 Å². The van der Waals surface area contributed by atoms with Crippen molar-refractivity contribution in [3.05, 3.63) is 84.6 Å². The van der Waals surface area contributed by atoms with Gasteiger partial charge in [0, 0.05) is 43.6 Å². The van der Waals surface area contributed by atoms with Crippen LogP contribution in [0.25, 0.3) is 0 Å². The second kappa shape index (κ2) is 7.97. The number of hydrogen-bond donors (Lipinski definition) is 2. The standard InChI is InChI=1S/C24H23N5O3/c30-22(28-16-14-27(15-17-28)21-12-6-7-13-25-21)24(32)19-10-4-5-11-20(19)26-23(31)29(24)18-8-2-1-3-9-18/h1-13,32H,14-17H2,(H,26,31). The fourth-order valence-electron chi connectivity index (χ4n) is 4.33. The summed E-state index contributed by atoms with van der Waals surface area (Å²) in [6.07, 6.45) is 1.74. The van der Waals surface area contributed by atoms with Crippen LogP contribution in [0.1, 0.15) is 5.56 Å². The highest BCUT2D eigenvalue weighted by molar-refractivity contribution is 6.11. The van der Waals surface area contributed by atoms with E-state index in [0.29, 0.717) is 43.1 Å². The highest BCUT2D eigenvalue weighted by Crippen LogP contribution is 2.40. The van der Waals surface area contributed by atoms with Crippen LogP contribution in [0.15, 0.2) is 79.0 Å². The van der Waals surface area contributed by atoms with Crippen molar-refractivity contribution in [2.75, 3.05) is 41.3 Å². The van der Waals surface area contributed by atoms with Gasteiger partial charge >= 0.3 is 6.03 Å². The lowest BCUT2D eigenvalue weighted by Gasteiger charge is -2.46. The molecule has 3 aromatic rings. The van der Waals surface area contributed by atoms with Gasteiger partial charge in [0.1, 0.15) is 5.82 Å². The molecule has 8 heteroatoms. The number of amides is 3. The van der Waals surface area contributed by atoms with Crippen LogP contribution < -0.4 is 15.1 Å². The van der Waals surface area contributed by atoms with E-state index < -0.39 is 17.7 Å². The normalized spacial score (nSPS) is 20.5. The maximum Gasteiger partial charge on any atom is 0.329 e. The number of nitrogens with one attached hydrogen (secondary N) is 1. The smallest absolute Gasteiger partial charge is 0.329 e. The molecule has 2 aliphatic heterocycles. The maximum absolute atomic E-state index is 13.8. The largest absolute Gasteiger partial charge is 0.359 e. The molecule has 162 valence electrons. The lowest BCUT2D eigenvalue weighted by Crippen LogP contribution is -2.65. The van der Waals surface area contributed by atoms with Gasteiger partial charge in [-0.1, -0.05) is 42.5 Å². The molecule has 2 aromatic carbocycles. The van der Waals surface area contributed by atoms with Crippen LogP contribution in [0.2, 0.25) is 0 Å². The number of nitrogens with zero attached hydrogens (tertiary/aromatic N) is 4. The molecule has 0 radical (unpaired) electrons.